The number of non-ortho nitro benzene ring substituents is 1. The van der Waals surface area contributed by atoms with E-state index in [-0.39, 0.29) is 55.3 Å². The molecule has 0 unspecified atom stereocenters. The van der Waals surface area contributed by atoms with E-state index in [9.17, 15) is 30.4 Å². The van der Waals surface area contributed by atoms with Crippen molar-refractivity contribution >= 4 is 45.3 Å². The van der Waals surface area contributed by atoms with Gasteiger partial charge < -0.3 is 44.5 Å². The highest BCUT2D eigenvalue weighted by atomic mass is 35.5. The normalized spacial score (nSPS) is 20.6. The molecule has 0 aliphatic carbocycles. The van der Waals surface area contributed by atoms with Crippen LogP contribution < -0.4 is 10.6 Å². The second kappa shape index (κ2) is 17.2. The lowest BCUT2D eigenvalue weighted by atomic mass is 9.98. The minimum absolute atomic E-state index is 0.0825. The van der Waals surface area contributed by atoms with Gasteiger partial charge in [-0.2, -0.15) is 9.36 Å². The first-order valence-electron chi connectivity index (χ1n) is 12.5. The maximum atomic E-state index is 11.1. The molecule has 0 bridgehead atoms. The number of aliphatic hydroxyl groups is 2. The molecule has 2 heterocycles. The number of anilines is 2. The van der Waals surface area contributed by atoms with Crippen LogP contribution in [0.25, 0.3) is 0 Å². The number of nitrogens with one attached hydrogen (secondary N) is 2. The fourth-order valence-corrected chi connectivity index (χ4v) is 4.40. The average molecular weight is 623 g/mol. The Balaban J connectivity index is 1.14. The van der Waals surface area contributed by atoms with E-state index in [1.54, 1.807) is 0 Å². The highest BCUT2D eigenvalue weighted by Gasteiger charge is 2.38. The maximum Gasteiger partial charge on any atom is 0.299 e. The third-order valence-electron chi connectivity index (χ3n) is 5.69. The Kier molecular flexibility index (Phi) is 13.7. The van der Waals surface area contributed by atoms with Crippen molar-refractivity contribution in [3.63, 3.8) is 0 Å². The van der Waals surface area contributed by atoms with Gasteiger partial charge in [-0.3, -0.25) is 20.2 Å². The minimum atomic E-state index is -1.15. The van der Waals surface area contributed by atoms with Crippen molar-refractivity contribution < 1.29 is 43.7 Å². The van der Waals surface area contributed by atoms with Gasteiger partial charge in [-0.25, -0.2) is 0 Å². The molecule has 228 valence electrons. The first kappa shape index (κ1) is 32.7. The summed E-state index contributed by atoms with van der Waals surface area (Å²) in [7, 11) is 0. The smallest absolute Gasteiger partial charge is 0.299 e. The first-order valence-corrected chi connectivity index (χ1v) is 13.6. The van der Waals surface area contributed by atoms with Crippen LogP contribution in [-0.4, -0.2) is 120 Å². The van der Waals surface area contributed by atoms with Gasteiger partial charge in [0.1, 0.15) is 24.0 Å². The predicted molar refractivity (Wildman–Crippen MR) is 146 cm³/mol. The van der Waals surface area contributed by atoms with Crippen LogP contribution in [-0.2, 0) is 23.7 Å². The van der Waals surface area contributed by atoms with Gasteiger partial charge in [0.05, 0.1) is 81.4 Å². The molecule has 1 aliphatic heterocycles. The minimum Gasteiger partial charge on any atom is -0.388 e. The van der Waals surface area contributed by atoms with Crippen molar-refractivity contribution in [1.82, 2.24) is 9.36 Å². The van der Waals surface area contributed by atoms with Gasteiger partial charge >= 0.3 is 0 Å². The van der Waals surface area contributed by atoms with E-state index in [1.807, 2.05) is 0 Å². The van der Waals surface area contributed by atoms with Gasteiger partial charge in [0.25, 0.3) is 11.4 Å². The van der Waals surface area contributed by atoms with Crippen LogP contribution in [0.3, 0.4) is 0 Å². The van der Waals surface area contributed by atoms with Crippen LogP contribution in [0, 0.1) is 20.2 Å². The summed E-state index contributed by atoms with van der Waals surface area (Å²) < 4.78 is 31.1. The van der Waals surface area contributed by atoms with Crippen LogP contribution in [0.2, 0.25) is 5.28 Å². The second-order valence-electron chi connectivity index (χ2n) is 8.53. The van der Waals surface area contributed by atoms with Gasteiger partial charge in [0, 0.05) is 24.1 Å². The van der Waals surface area contributed by atoms with E-state index < -0.39 is 34.2 Å². The van der Waals surface area contributed by atoms with E-state index in [4.69, 9.17) is 35.3 Å². The fraction of sp³-hybridized carbons (Fsp3) is 0.636. The van der Waals surface area contributed by atoms with Gasteiger partial charge in [-0.15, -0.1) is 0 Å². The molecule has 4 N–H and O–H groups in total. The molecule has 1 aromatic carbocycles. The largest absolute Gasteiger partial charge is 0.388 e. The number of aromatic nitrogens is 2. The van der Waals surface area contributed by atoms with Crippen LogP contribution >= 0.6 is 23.1 Å². The number of benzene rings is 1. The average Bonchev–Trinajstić information content (AvgIpc) is 3.36. The fourth-order valence-electron chi connectivity index (χ4n) is 3.63. The zero-order valence-corrected chi connectivity index (χ0v) is 23.3. The summed E-state index contributed by atoms with van der Waals surface area (Å²) >= 11 is 6.72. The van der Waals surface area contributed by atoms with Crippen molar-refractivity contribution in [3.8, 4) is 0 Å². The number of halogens is 1. The summed E-state index contributed by atoms with van der Waals surface area (Å²) in [6.07, 6.45) is -2.94. The number of ether oxygens (including phenoxy) is 5. The molecule has 4 atom stereocenters. The molecule has 0 amide bonds. The number of aliphatic hydroxyl groups excluding tert-OH is 2. The summed E-state index contributed by atoms with van der Waals surface area (Å²) in [6, 6.07) is 2.81. The van der Waals surface area contributed by atoms with Crippen molar-refractivity contribution in [2.45, 2.75) is 24.4 Å². The molecule has 41 heavy (non-hydrogen) atoms. The lowest BCUT2D eigenvalue weighted by Crippen LogP contribution is -2.56. The maximum absolute atomic E-state index is 11.1. The van der Waals surface area contributed by atoms with E-state index in [0.717, 1.165) is 17.6 Å². The Morgan fingerprint density at radius 1 is 1.00 bits per heavy atom. The van der Waals surface area contributed by atoms with E-state index in [2.05, 4.69) is 20.0 Å². The van der Waals surface area contributed by atoms with Gasteiger partial charge in [0.15, 0.2) is 0 Å². The number of hydrogen-bond acceptors (Lipinski definition) is 16. The number of nitrogens with zero attached hydrogens (tertiary/aromatic N) is 4. The highest BCUT2D eigenvalue weighted by molar-refractivity contribution is 7.09. The molecular weight excluding hydrogens is 592 g/mol. The molecule has 1 aliphatic rings. The molecule has 0 radical (unpaired) electrons. The molecule has 1 fully saturated rings. The van der Waals surface area contributed by atoms with E-state index >= 15 is 0 Å². The third-order valence-corrected chi connectivity index (χ3v) is 6.61. The quantitative estimate of drug-likeness (QED) is 0.0977. The van der Waals surface area contributed by atoms with Crippen molar-refractivity contribution in [3.05, 3.63) is 43.7 Å². The van der Waals surface area contributed by atoms with Gasteiger partial charge in [-0.05, 0) is 17.7 Å². The zero-order chi connectivity index (χ0) is 29.6. The number of nitro benzene ring substituents is 2. The van der Waals surface area contributed by atoms with Gasteiger partial charge in [-0.1, -0.05) is 0 Å². The second-order valence-corrected chi connectivity index (χ2v) is 9.62. The number of rotatable bonds is 19. The van der Waals surface area contributed by atoms with Gasteiger partial charge in [0.2, 0.25) is 10.4 Å². The molecule has 17 nitrogen and oxygen atoms in total. The van der Waals surface area contributed by atoms with Crippen molar-refractivity contribution in [1.29, 1.82) is 0 Å². The Labute approximate surface area is 243 Å². The van der Waals surface area contributed by atoms with Crippen LogP contribution in [0.1, 0.15) is 0 Å². The Bertz CT molecular complexity index is 1120. The molecule has 2 aromatic rings. The number of hydrogen-bond donors (Lipinski definition) is 4. The predicted octanol–water partition coefficient (Wildman–Crippen LogP) is 1.09. The summed E-state index contributed by atoms with van der Waals surface area (Å²) in [5.74, 6) is 0. The summed E-state index contributed by atoms with van der Waals surface area (Å²) in [5, 5.41) is 48.9. The Morgan fingerprint density at radius 2 is 1.66 bits per heavy atom. The topological polar surface area (TPSA) is 223 Å². The zero-order valence-electron chi connectivity index (χ0n) is 21.8. The molecular formula is C22H31ClN6O11S. The molecule has 3 rings (SSSR count). The molecule has 0 saturated carbocycles. The summed E-state index contributed by atoms with van der Waals surface area (Å²) in [5.41, 5.74) is -0.577. The van der Waals surface area contributed by atoms with Crippen molar-refractivity contribution in [2.24, 2.45) is 0 Å². The van der Waals surface area contributed by atoms with Crippen LogP contribution in [0.4, 0.5) is 22.2 Å². The van der Waals surface area contributed by atoms with E-state index in [1.165, 1.54) is 12.1 Å². The lowest BCUT2D eigenvalue weighted by molar-refractivity contribution is -0.393. The number of nitro groups is 2. The SMILES string of the molecule is O=[N+]([O-])c1ccc(NCCOCCOCCOCCOC[C@H]2OC[C@@H](Nc3nc(Cl)ns3)[C@@H](O)[C@H]2O)c([N+](=O)[O-])c1. The lowest BCUT2D eigenvalue weighted by Gasteiger charge is -2.37. The van der Waals surface area contributed by atoms with Crippen LogP contribution in [0.5, 0.6) is 0 Å². The monoisotopic (exact) mass is 622 g/mol. The molecule has 1 saturated heterocycles. The molecule has 0 spiro atoms. The third kappa shape index (κ3) is 10.8. The van der Waals surface area contributed by atoms with Crippen molar-refractivity contribution in [2.75, 3.05) is 76.6 Å². The molecule has 1 aromatic heterocycles. The Hall–Kier alpha value is -2.81. The van der Waals surface area contributed by atoms with E-state index in [0.29, 0.717) is 38.2 Å². The standard InChI is InChI=1S/C22H31ClN6O11S/c23-21-26-22(41-27-21)25-16-12-40-18(20(31)19(16)30)13-39-10-9-38-8-7-37-6-5-36-4-3-24-15-2-1-14(28(32)33)11-17(15)29(34)35/h1-2,11,16,18-20,24,30-31H,3-10,12-13H2,(H,25,26,27)/t16-,18-,19-,20+/m1/s1. The Morgan fingerprint density at radius 3 is 2.27 bits per heavy atom. The highest BCUT2D eigenvalue weighted by Crippen LogP contribution is 2.28. The first-order chi connectivity index (χ1) is 19.8. The summed E-state index contributed by atoms with van der Waals surface area (Å²) in [4.78, 5) is 24.5. The molecule has 19 heteroatoms. The summed E-state index contributed by atoms with van der Waals surface area (Å²) in [6.45, 7) is 2.58. The van der Waals surface area contributed by atoms with Crippen LogP contribution in [0.15, 0.2) is 18.2 Å².